The van der Waals surface area contributed by atoms with E-state index in [0.29, 0.717) is 11.3 Å². The van der Waals surface area contributed by atoms with E-state index in [1.54, 1.807) is 31.2 Å². The van der Waals surface area contributed by atoms with Gasteiger partial charge in [-0.3, -0.25) is 9.59 Å². The first-order chi connectivity index (χ1) is 11.5. The predicted octanol–water partition coefficient (Wildman–Crippen LogP) is 3.63. The lowest BCUT2D eigenvalue weighted by Gasteiger charge is -2.26. The molecule has 0 radical (unpaired) electrons. The van der Waals surface area contributed by atoms with Crippen LogP contribution in [0.4, 0.5) is 5.69 Å². The van der Waals surface area contributed by atoms with E-state index in [9.17, 15) is 9.59 Å². The maximum absolute atomic E-state index is 12.8. The fourth-order valence-electron chi connectivity index (χ4n) is 3.12. The maximum atomic E-state index is 12.8. The summed E-state index contributed by atoms with van der Waals surface area (Å²) in [5.74, 6) is 0.539. The average Bonchev–Trinajstić information content (AvgIpc) is 2.90. The third-order valence-corrected chi connectivity index (χ3v) is 4.37. The standard InChI is InChI=1S/C20H21NO3/c1-13-12-17-6-4-5-7-19(17)21(13)20(23)15(3)24-18-10-8-16(9-11-18)14(2)22/h4-11,13,15H,12H2,1-3H3/t13-,15+/m0/s1. The number of anilines is 1. The van der Waals surface area contributed by atoms with Crippen LogP contribution < -0.4 is 9.64 Å². The van der Waals surface area contributed by atoms with E-state index in [0.717, 1.165) is 12.1 Å². The van der Waals surface area contributed by atoms with Crippen molar-refractivity contribution in [2.24, 2.45) is 0 Å². The number of amides is 1. The van der Waals surface area contributed by atoms with Gasteiger partial charge in [-0.05, 0) is 63.1 Å². The number of ether oxygens (including phenoxy) is 1. The van der Waals surface area contributed by atoms with Gasteiger partial charge in [-0.25, -0.2) is 0 Å². The van der Waals surface area contributed by atoms with E-state index >= 15 is 0 Å². The minimum atomic E-state index is -0.596. The van der Waals surface area contributed by atoms with Gasteiger partial charge in [0.1, 0.15) is 5.75 Å². The van der Waals surface area contributed by atoms with Crippen LogP contribution in [0.1, 0.15) is 36.7 Å². The first kappa shape index (κ1) is 16.2. The summed E-state index contributed by atoms with van der Waals surface area (Å²) < 4.78 is 5.78. The number of hydrogen-bond acceptors (Lipinski definition) is 3. The Morgan fingerprint density at radius 1 is 1.12 bits per heavy atom. The molecular formula is C20H21NO3. The van der Waals surface area contributed by atoms with Gasteiger partial charge in [0.15, 0.2) is 11.9 Å². The summed E-state index contributed by atoms with van der Waals surface area (Å²) in [7, 11) is 0. The Bertz CT molecular complexity index is 767. The zero-order valence-corrected chi connectivity index (χ0v) is 14.2. The van der Waals surface area contributed by atoms with Gasteiger partial charge in [0.2, 0.25) is 0 Å². The zero-order chi connectivity index (χ0) is 17.3. The molecule has 24 heavy (non-hydrogen) atoms. The molecule has 0 aliphatic carbocycles. The third-order valence-electron chi connectivity index (χ3n) is 4.37. The number of benzene rings is 2. The van der Waals surface area contributed by atoms with E-state index in [-0.39, 0.29) is 17.7 Å². The van der Waals surface area contributed by atoms with Crippen LogP contribution in [0.2, 0.25) is 0 Å². The van der Waals surface area contributed by atoms with Crippen LogP contribution in [-0.2, 0) is 11.2 Å². The van der Waals surface area contributed by atoms with Gasteiger partial charge in [0.25, 0.3) is 5.91 Å². The van der Waals surface area contributed by atoms with Crippen molar-refractivity contribution in [2.75, 3.05) is 4.90 Å². The van der Waals surface area contributed by atoms with Crippen molar-refractivity contribution in [3.8, 4) is 5.75 Å². The average molecular weight is 323 g/mol. The van der Waals surface area contributed by atoms with Crippen molar-refractivity contribution in [3.05, 3.63) is 59.7 Å². The van der Waals surface area contributed by atoms with Gasteiger partial charge in [0.05, 0.1) is 0 Å². The number of para-hydroxylation sites is 1. The smallest absolute Gasteiger partial charge is 0.268 e. The molecule has 4 nitrogen and oxygen atoms in total. The van der Waals surface area contributed by atoms with Gasteiger partial charge in [-0.2, -0.15) is 0 Å². The molecule has 0 spiro atoms. The Kier molecular flexibility index (Phi) is 4.38. The van der Waals surface area contributed by atoms with Gasteiger partial charge < -0.3 is 9.64 Å². The summed E-state index contributed by atoms with van der Waals surface area (Å²) in [5, 5.41) is 0. The summed E-state index contributed by atoms with van der Waals surface area (Å²) in [5.41, 5.74) is 2.79. The number of carbonyl (C=O) groups is 2. The van der Waals surface area contributed by atoms with Crippen molar-refractivity contribution >= 4 is 17.4 Å². The molecule has 4 heteroatoms. The minimum Gasteiger partial charge on any atom is -0.481 e. The second kappa shape index (κ2) is 6.48. The molecule has 0 N–H and O–H groups in total. The summed E-state index contributed by atoms with van der Waals surface area (Å²) in [4.78, 5) is 26.0. The molecule has 0 aromatic heterocycles. The van der Waals surface area contributed by atoms with E-state index in [4.69, 9.17) is 4.74 Å². The van der Waals surface area contributed by atoms with Gasteiger partial charge >= 0.3 is 0 Å². The third kappa shape index (κ3) is 3.04. The van der Waals surface area contributed by atoms with Crippen LogP contribution in [0, 0.1) is 0 Å². The number of fused-ring (bicyclic) bond motifs is 1. The fraction of sp³-hybridized carbons (Fsp3) is 0.300. The number of nitrogens with zero attached hydrogens (tertiary/aromatic N) is 1. The first-order valence-corrected chi connectivity index (χ1v) is 8.16. The number of hydrogen-bond donors (Lipinski definition) is 0. The summed E-state index contributed by atoms with van der Waals surface area (Å²) in [6.07, 6.45) is 0.267. The molecule has 124 valence electrons. The quantitative estimate of drug-likeness (QED) is 0.807. The van der Waals surface area contributed by atoms with Gasteiger partial charge in [-0.15, -0.1) is 0 Å². The SMILES string of the molecule is CC(=O)c1ccc(O[C@H](C)C(=O)N2c3ccccc3C[C@@H]2C)cc1. The van der Waals surface area contributed by atoms with Crippen LogP contribution >= 0.6 is 0 Å². The Hall–Kier alpha value is -2.62. The normalized spacial score (nSPS) is 17.3. The Morgan fingerprint density at radius 3 is 2.46 bits per heavy atom. The van der Waals surface area contributed by atoms with Crippen molar-refractivity contribution in [2.45, 2.75) is 39.3 Å². The van der Waals surface area contributed by atoms with Crippen LogP contribution in [-0.4, -0.2) is 23.8 Å². The monoisotopic (exact) mass is 323 g/mol. The van der Waals surface area contributed by atoms with Crippen molar-refractivity contribution in [1.29, 1.82) is 0 Å². The Morgan fingerprint density at radius 2 is 1.79 bits per heavy atom. The van der Waals surface area contributed by atoms with E-state index in [1.807, 2.05) is 30.0 Å². The number of Topliss-reactive ketones (excluding diaryl/α,β-unsaturated/α-hetero) is 1. The molecule has 1 heterocycles. The zero-order valence-electron chi connectivity index (χ0n) is 14.2. The number of rotatable bonds is 4. The minimum absolute atomic E-state index is 0.00757. The Balaban J connectivity index is 1.74. The topological polar surface area (TPSA) is 46.6 Å². The molecule has 1 amide bonds. The second-order valence-corrected chi connectivity index (χ2v) is 6.23. The van der Waals surface area contributed by atoms with Crippen LogP contribution in [0.5, 0.6) is 5.75 Å². The molecule has 0 fully saturated rings. The van der Waals surface area contributed by atoms with E-state index in [1.165, 1.54) is 12.5 Å². The van der Waals surface area contributed by atoms with Gasteiger partial charge in [0, 0.05) is 17.3 Å². The molecule has 3 rings (SSSR count). The lowest BCUT2D eigenvalue weighted by molar-refractivity contribution is -0.124. The highest BCUT2D eigenvalue weighted by atomic mass is 16.5. The predicted molar refractivity (Wildman–Crippen MR) is 93.6 cm³/mol. The molecule has 1 aliphatic heterocycles. The molecule has 0 saturated carbocycles. The molecule has 2 aromatic rings. The van der Waals surface area contributed by atoms with Crippen LogP contribution in [0.3, 0.4) is 0 Å². The molecular weight excluding hydrogens is 302 g/mol. The lowest BCUT2D eigenvalue weighted by atomic mass is 10.1. The molecule has 1 aliphatic rings. The number of ketones is 1. The van der Waals surface area contributed by atoms with Crippen molar-refractivity contribution < 1.29 is 14.3 Å². The lowest BCUT2D eigenvalue weighted by Crippen LogP contribution is -2.43. The van der Waals surface area contributed by atoms with Crippen LogP contribution in [0.25, 0.3) is 0 Å². The summed E-state index contributed by atoms with van der Waals surface area (Å²) in [6.45, 7) is 5.33. The van der Waals surface area contributed by atoms with E-state index < -0.39 is 6.10 Å². The fourth-order valence-corrected chi connectivity index (χ4v) is 3.12. The van der Waals surface area contributed by atoms with Gasteiger partial charge in [-0.1, -0.05) is 18.2 Å². The largest absolute Gasteiger partial charge is 0.481 e. The summed E-state index contributed by atoms with van der Waals surface area (Å²) >= 11 is 0. The van der Waals surface area contributed by atoms with Crippen LogP contribution in [0.15, 0.2) is 48.5 Å². The summed E-state index contributed by atoms with van der Waals surface area (Å²) in [6, 6.07) is 15.0. The maximum Gasteiger partial charge on any atom is 0.268 e. The first-order valence-electron chi connectivity index (χ1n) is 8.16. The molecule has 0 saturated heterocycles. The highest BCUT2D eigenvalue weighted by Crippen LogP contribution is 2.32. The molecule has 2 aromatic carbocycles. The molecule has 2 atom stereocenters. The van der Waals surface area contributed by atoms with E-state index in [2.05, 4.69) is 6.07 Å². The Labute approximate surface area is 142 Å². The molecule has 0 unspecified atom stereocenters. The number of carbonyl (C=O) groups excluding carboxylic acids is 2. The molecule has 0 bridgehead atoms. The highest BCUT2D eigenvalue weighted by molar-refractivity contribution is 5.99. The van der Waals surface area contributed by atoms with Crippen molar-refractivity contribution in [3.63, 3.8) is 0 Å². The second-order valence-electron chi connectivity index (χ2n) is 6.23. The van der Waals surface area contributed by atoms with Crippen molar-refractivity contribution in [1.82, 2.24) is 0 Å². The highest BCUT2D eigenvalue weighted by Gasteiger charge is 2.33.